The first-order valence-corrected chi connectivity index (χ1v) is 6.63. The van der Waals surface area contributed by atoms with E-state index in [0.29, 0.717) is 11.3 Å². The van der Waals surface area contributed by atoms with E-state index < -0.39 is 5.54 Å². The molecule has 0 aliphatic heterocycles. The van der Waals surface area contributed by atoms with Gasteiger partial charge in [-0.15, -0.1) is 11.8 Å². The van der Waals surface area contributed by atoms with Gasteiger partial charge in [-0.2, -0.15) is 5.26 Å². The third kappa shape index (κ3) is 4.37. The maximum atomic E-state index is 13.3. The normalized spacial score (nSPS) is 14.0. The van der Waals surface area contributed by atoms with Gasteiger partial charge < -0.3 is 0 Å². The average molecular weight is 252 g/mol. The van der Waals surface area contributed by atoms with Crippen molar-refractivity contribution in [2.75, 3.05) is 12.3 Å². The zero-order chi connectivity index (χ0) is 12.7. The van der Waals surface area contributed by atoms with Gasteiger partial charge in [0.05, 0.1) is 6.07 Å². The van der Waals surface area contributed by atoms with E-state index in [1.807, 2.05) is 19.9 Å². The zero-order valence-corrected chi connectivity index (χ0v) is 11.0. The molecule has 0 spiro atoms. The van der Waals surface area contributed by atoms with Crippen molar-refractivity contribution >= 4 is 11.8 Å². The first kappa shape index (κ1) is 14.0. The Bertz CT molecular complexity index is 403. The molecule has 0 saturated carbocycles. The van der Waals surface area contributed by atoms with Crippen molar-refractivity contribution < 1.29 is 4.39 Å². The Labute approximate surface area is 106 Å². The highest BCUT2D eigenvalue weighted by Gasteiger charge is 2.21. The van der Waals surface area contributed by atoms with E-state index in [-0.39, 0.29) is 5.82 Å². The third-order valence-corrected chi connectivity index (χ3v) is 3.56. The summed E-state index contributed by atoms with van der Waals surface area (Å²) in [5.74, 6) is 0.525. The molecule has 4 heteroatoms. The highest BCUT2D eigenvalue weighted by molar-refractivity contribution is 7.99. The van der Waals surface area contributed by atoms with E-state index >= 15 is 0 Å². The van der Waals surface area contributed by atoms with Crippen LogP contribution in [-0.4, -0.2) is 17.8 Å². The van der Waals surface area contributed by atoms with Crippen molar-refractivity contribution in [1.29, 1.82) is 5.26 Å². The van der Waals surface area contributed by atoms with Gasteiger partial charge in [0, 0.05) is 10.6 Å². The molecule has 1 aromatic rings. The minimum atomic E-state index is -0.521. The Hall–Kier alpha value is -1.05. The first-order chi connectivity index (χ1) is 8.11. The lowest BCUT2D eigenvalue weighted by molar-refractivity contribution is 0.450. The van der Waals surface area contributed by atoms with E-state index in [0.717, 1.165) is 12.3 Å². The summed E-state index contributed by atoms with van der Waals surface area (Å²) in [5.41, 5.74) is -0.521. The molecule has 0 bridgehead atoms. The molecule has 0 aromatic heterocycles. The molecule has 1 aromatic carbocycles. The summed E-state index contributed by atoms with van der Waals surface area (Å²) in [6.07, 6.45) is 0.691. The van der Waals surface area contributed by atoms with Crippen molar-refractivity contribution in [3.8, 4) is 6.07 Å². The number of halogens is 1. The van der Waals surface area contributed by atoms with Gasteiger partial charge in [0.25, 0.3) is 0 Å². The average Bonchev–Trinajstić information content (AvgIpc) is 2.32. The summed E-state index contributed by atoms with van der Waals surface area (Å²) in [6, 6.07) is 8.97. The van der Waals surface area contributed by atoms with Crippen molar-refractivity contribution in [2.24, 2.45) is 0 Å². The van der Waals surface area contributed by atoms with Gasteiger partial charge in [0.1, 0.15) is 11.4 Å². The molecular formula is C13H17FN2S. The Kier molecular flexibility index (Phi) is 5.46. The number of nitriles is 1. The minimum absolute atomic E-state index is 0.195. The monoisotopic (exact) mass is 252 g/mol. The fraction of sp³-hybridized carbons (Fsp3) is 0.462. The topological polar surface area (TPSA) is 35.8 Å². The highest BCUT2D eigenvalue weighted by Crippen LogP contribution is 2.24. The second-order valence-electron chi connectivity index (χ2n) is 4.00. The fourth-order valence-corrected chi connectivity index (χ4v) is 2.61. The highest BCUT2D eigenvalue weighted by atomic mass is 32.2. The zero-order valence-electron chi connectivity index (χ0n) is 10.2. The quantitative estimate of drug-likeness (QED) is 0.790. The van der Waals surface area contributed by atoms with Crippen molar-refractivity contribution in [1.82, 2.24) is 5.32 Å². The molecule has 0 aliphatic carbocycles. The molecule has 0 aliphatic rings. The first-order valence-electron chi connectivity index (χ1n) is 5.65. The van der Waals surface area contributed by atoms with Gasteiger partial charge in [-0.25, -0.2) is 4.39 Å². The van der Waals surface area contributed by atoms with Gasteiger partial charge >= 0.3 is 0 Å². The van der Waals surface area contributed by atoms with Crippen LogP contribution in [0.5, 0.6) is 0 Å². The molecule has 1 N–H and O–H groups in total. The number of rotatable bonds is 6. The molecule has 1 rings (SSSR count). The number of nitrogens with one attached hydrogen (secondary N) is 1. The van der Waals surface area contributed by atoms with Crippen LogP contribution in [0.25, 0.3) is 0 Å². The lowest BCUT2D eigenvalue weighted by atomic mass is 10.0. The fourth-order valence-electron chi connectivity index (χ4n) is 1.50. The lowest BCUT2D eigenvalue weighted by Crippen LogP contribution is -2.41. The lowest BCUT2D eigenvalue weighted by Gasteiger charge is -2.22. The maximum absolute atomic E-state index is 13.3. The summed E-state index contributed by atoms with van der Waals surface area (Å²) < 4.78 is 13.3. The van der Waals surface area contributed by atoms with E-state index in [1.54, 1.807) is 12.1 Å². The van der Waals surface area contributed by atoms with Crippen LogP contribution in [0.4, 0.5) is 4.39 Å². The van der Waals surface area contributed by atoms with Gasteiger partial charge in [-0.05, 0) is 32.0 Å². The predicted octanol–water partition coefficient (Wildman–Crippen LogP) is 3.20. The number of hydrogen-bond acceptors (Lipinski definition) is 3. The summed E-state index contributed by atoms with van der Waals surface area (Å²) in [5, 5.41) is 12.2. The predicted molar refractivity (Wildman–Crippen MR) is 69.4 cm³/mol. The Balaban J connectivity index is 2.48. The molecule has 2 nitrogen and oxygen atoms in total. The molecule has 1 atom stereocenters. The third-order valence-electron chi connectivity index (χ3n) is 2.51. The minimum Gasteiger partial charge on any atom is -0.300 e. The van der Waals surface area contributed by atoms with E-state index in [1.165, 1.54) is 17.8 Å². The second kappa shape index (κ2) is 6.63. The maximum Gasteiger partial charge on any atom is 0.136 e. The van der Waals surface area contributed by atoms with Gasteiger partial charge in [-0.1, -0.05) is 19.1 Å². The van der Waals surface area contributed by atoms with E-state index in [4.69, 9.17) is 5.26 Å². The van der Waals surface area contributed by atoms with Crippen LogP contribution in [0.2, 0.25) is 0 Å². The standard InChI is InChI=1S/C13H17FN2S/c1-3-16-13(2,10-15)8-9-17-12-7-5-4-6-11(12)14/h4-7,16H,3,8-9H2,1-2H3. The Morgan fingerprint density at radius 3 is 2.76 bits per heavy atom. The SMILES string of the molecule is CCNC(C)(C#N)CCSc1ccccc1F. The number of benzene rings is 1. The van der Waals surface area contributed by atoms with Crippen LogP contribution in [0.15, 0.2) is 29.2 Å². The van der Waals surface area contributed by atoms with Crippen LogP contribution < -0.4 is 5.32 Å². The molecule has 92 valence electrons. The summed E-state index contributed by atoms with van der Waals surface area (Å²) >= 11 is 1.45. The number of thioether (sulfide) groups is 1. The molecule has 0 fully saturated rings. The van der Waals surface area contributed by atoms with E-state index in [2.05, 4.69) is 11.4 Å². The summed E-state index contributed by atoms with van der Waals surface area (Å²) in [6.45, 7) is 4.60. The van der Waals surface area contributed by atoms with Gasteiger partial charge in [-0.3, -0.25) is 5.32 Å². The smallest absolute Gasteiger partial charge is 0.136 e. The van der Waals surface area contributed by atoms with Crippen molar-refractivity contribution in [2.45, 2.75) is 30.7 Å². The number of nitrogens with zero attached hydrogens (tertiary/aromatic N) is 1. The van der Waals surface area contributed by atoms with Crippen LogP contribution in [-0.2, 0) is 0 Å². The van der Waals surface area contributed by atoms with Crippen molar-refractivity contribution in [3.63, 3.8) is 0 Å². The Morgan fingerprint density at radius 2 is 2.18 bits per heavy atom. The Morgan fingerprint density at radius 1 is 1.47 bits per heavy atom. The summed E-state index contributed by atoms with van der Waals surface area (Å²) in [7, 11) is 0. The van der Waals surface area contributed by atoms with Crippen LogP contribution in [0.1, 0.15) is 20.3 Å². The molecule has 0 saturated heterocycles. The molecule has 0 amide bonds. The van der Waals surface area contributed by atoms with Gasteiger partial charge in [0.2, 0.25) is 0 Å². The van der Waals surface area contributed by atoms with E-state index in [9.17, 15) is 4.39 Å². The molecule has 0 heterocycles. The molecule has 1 unspecified atom stereocenters. The molecule has 17 heavy (non-hydrogen) atoms. The number of hydrogen-bond donors (Lipinski definition) is 1. The van der Waals surface area contributed by atoms with Crippen LogP contribution in [0.3, 0.4) is 0 Å². The van der Waals surface area contributed by atoms with Crippen LogP contribution >= 0.6 is 11.8 Å². The largest absolute Gasteiger partial charge is 0.300 e. The van der Waals surface area contributed by atoms with Crippen molar-refractivity contribution in [3.05, 3.63) is 30.1 Å². The molecular weight excluding hydrogens is 235 g/mol. The van der Waals surface area contributed by atoms with Crippen LogP contribution in [0, 0.1) is 17.1 Å². The molecule has 0 radical (unpaired) electrons. The van der Waals surface area contributed by atoms with Gasteiger partial charge in [0.15, 0.2) is 0 Å². The summed E-state index contributed by atoms with van der Waals surface area (Å²) in [4.78, 5) is 0.643. The second-order valence-corrected chi connectivity index (χ2v) is 5.14.